The first-order valence-electron chi connectivity index (χ1n) is 5.91. The summed E-state index contributed by atoms with van der Waals surface area (Å²) in [6.45, 7) is 2.47. The summed E-state index contributed by atoms with van der Waals surface area (Å²) in [5.41, 5.74) is 6.03. The van der Waals surface area contributed by atoms with Gasteiger partial charge in [0.25, 0.3) is 0 Å². The van der Waals surface area contributed by atoms with Crippen molar-refractivity contribution in [2.24, 2.45) is 5.73 Å². The van der Waals surface area contributed by atoms with Crippen molar-refractivity contribution in [3.63, 3.8) is 0 Å². The first kappa shape index (κ1) is 12.7. The smallest absolute Gasteiger partial charge is 0.127 e. The van der Waals surface area contributed by atoms with Crippen LogP contribution in [0, 0.1) is 0 Å². The van der Waals surface area contributed by atoms with E-state index in [-0.39, 0.29) is 13.0 Å². The lowest BCUT2D eigenvalue weighted by atomic mass is 9.92. The number of benzene rings is 1. The van der Waals surface area contributed by atoms with Crippen LogP contribution in [0.15, 0.2) is 12.1 Å². The van der Waals surface area contributed by atoms with Gasteiger partial charge in [0.2, 0.25) is 0 Å². The molecule has 2 nitrogen and oxygen atoms in total. The molecule has 0 fully saturated rings. The van der Waals surface area contributed by atoms with Gasteiger partial charge < -0.3 is 10.5 Å². The van der Waals surface area contributed by atoms with Gasteiger partial charge >= 0.3 is 0 Å². The number of nitrogens with two attached hydrogens (primary N) is 1. The summed E-state index contributed by atoms with van der Waals surface area (Å²) in [7, 11) is 0. The lowest BCUT2D eigenvalue weighted by Gasteiger charge is -2.23. The fourth-order valence-electron chi connectivity index (χ4n) is 2.16. The van der Waals surface area contributed by atoms with Crippen LogP contribution in [0.25, 0.3) is 0 Å². The summed E-state index contributed by atoms with van der Waals surface area (Å²) in [6.07, 6.45) is 1.50. The first-order chi connectivity index (χ1) is 8.08. The minimum atomic E-state index is -1.37. The second-order valence-corrected chi connectivity index (χ2v) is 4.97. The molecule has 1 aromatic carbocycles. The highest BCUT2D eigenvalue weighted by molar-refractivity contribution is 6.30. The van der Waals surface area contributed by atoms with Crippen LogP contribution >= 0.6 is 11.6 Å². The Hall–Kier alpha value is -0.800. The summed E-state index contributed by atoms with van der Waals surface area (Å²) in [5.74, 6) is 0.804. The van der Waals surface area contributed by atoms with Gasteiger partial charge in [-0.25, -0.2) is 4.39 Å². The maximum atomic E-state index is 14.3. The molecular weight excluding hydrogens is 241 g/mol. The fraction of sp³-hybridized carbons (Fsp3) is 0.538. The molecule has 4 heteroatoms. The van der Waals surface area contributed by atoms with Crippen molar-refractivity contribution in [1.82, 2.24) is 0 Å². The third-order valence-corrected chi connectivity index (χ3v) is 3.55. The maximum absolute atomic E-state index is 14.3. The van der Waals surface area contributed by atoms with Crippen LogP contribution in [-0.2, 0) is 12.8 Å². The molecule has 1 aliphatic rings. The second-order valence-electron chi connectivity index (χ2n) is 4.54. The number of ether oxygens (including phenoxy) is 1. The van der Waals surface area contributed by atoms with E-state index < -0.39 is 5.67 Å². The van der Waals surface area contributed by atoms with Crippen molar-refractivity contribution >= 4 is 11.6 Å². The summed E-state index contributed by atoms with van der Waals surface area (Å²) in [4.78, 5) is 0. The van der Waals surface area contributed by atoms with E-state index in [1.807, 2.05) is 6.07 Å². The maximum Gasteiger partial charge on any atom is 0.127 e. The van der Waals surface area contributed by atoms with E-state index in [0.29, 0.717) is 18.1 Å². The minimum Gasteiger partial charge on any atom is -0.493 e. The molecule has 1 unspecified atom stereocenters. The van der Waals surface area contributed by atoms with E-state index in [4.69, 9.17) is 22.1 Å². The van der Waals surface area contributed by atoms with Crippen molar-refractivity contribution in [1.29, 1.82) is 0 Å². The topological polar surface area (TPSA) is 35.2 Å². The molecule has 2 N–H and O–H groups in total. The van der Waals surface area contributed by atoms with Crippen LogP contribution in [-0.4, -0.2) is 18.8 Å². The molecule has 17 heavy (non-hydrogen) atoms. The van der Waals surface area contributed by atoms with Crippen molar-refractivity contribution in [2.75, 3.05) is 13.2 Å². The number of rotatable bonds is 4. The molecule has 94 valence electrons. The van der Waals surface area contributed by atoms with Gasteiger partial charge in [-0.05, 0) is 29.7 Å². The average molecular weight is 258 g/mol. The van der Waals surface area contributed by atoms with Gasteiger partial charge in [-0.2, -0.15) is 0 Å². The van der Waals surface area contributed by atoms with Crippen LogP contribution in [0.3, 0.4) is 0 Å². The van der Waals surface area contributed by atoms with Gasteiger partial charge in [-0.3, -0.25) is 0 Å². The zero-order valence-corrected chi connectivity index (χ0v) is 10.7. The first-order valence-corrected chi connectivity index (χ1v) is 6.29. The molecule has 1 aliphatic heterocycles. The van der Waals surface area contributed by atoms with Crippen molar-refractivity contribution in [3.05, 3.63) is 28.3 Å². The Morgan fingerprint density at radius 2 is 2.29 bits per heavy atom. The molecule has 0 saturated carbocycles. The molecule has 2 rings (SSSR count). The lowest BCUT2D eigenvalue weighted by Crippen LogP contribution is -2.34. The summed E-state index contributed by atoms with van der Waals surface area (Å²) >= 11 is 6.03. The Morgan fingerprint density at radius 3 is 2.94 bits per heavy atom. The van der Waals surface area contributed by atoms with Crippen LogP contribution in [0.4, 0.5) is 4.39 Å². The number of hydrogen-bond donors (Lipinski definition) is 1. The summed E-state index contributed by atoms with van der Waals surface area (Å²) in [6, 6.07) is 3.67. The van der Waals surface area contributed by atoms with Crippen LogP contribution < -0.4 is 10.5 Å². The molecule has 1 aromatic rings. The molecule has 0 amide bonds. The van der Waals surface area contributed by atoms with Crippen molar-refractivity contribution in [3.8, 4) is 5.75 Å². The molecule has 1 heterocycles. The Kier molecular flexibility index (Phi) is 3.59. The van der Waals surface area contributed by atoms with E-state index in [9.17, 15) is 4.39 Å². The van der Waals surface area contributed by atoms with Crippen LogP contribution in [0.1, 0.15) is 24.5 Å². The van der Waals surface area contributed by atoms with E-state index >= 15 is 0 Å². The van der Waals surface area contributed by atoms with E-state index in [0.717, 1.165) is 23.3 Å². The Labute approximate surface area is 106 Å². The number of alkyl halides is 1. The van der Waals surface area contributed by atoms with Gasteiger partial charge in [-0.15, -0.1) is 0 Å². The molecular formula is C13H17ClFNO. The van der Waals surface area contributed by atoms with Gasteiger partial charge in [-0.1, -0.05) is 18.5 Å². The van der Waals surface area contributed by atoms with Crippen LogP contribution in [0.5, 0.6) is 5.75 Å². The number of fused-ring (bicyclic) bond motifs is 1. The second kappa shape index (κ2) is 4.83. The highest BCUT2D eigenvalue weighted by Gasteiger charge is 2.29. The lowest BCUT2D eigenvalue weighted by molar-refractivity contribution is 0.166. The van der Waals surface area contributed by atoms with E-state index in [2.05, 4.69) is 0 Å². The Bertz CT molecular complexity index is 418. The predicted octanol–water partition coefficient (Wildman–Crippen LogP) is 2.89. The number of hydrogen-bond acceptors (Lipinski definition) is 2. The SMILES string of the molecule is CCC(F)(CN)Cc1cc(Cl)cc2c1OCC2. The largest absolute Gasteiger partial charge is 0.493 e. The molecule has 0 spiro atoms. The minimum absolute atomic E-state index is 0.0186. The molecule has 0 saturated heterocycles. The average Bonchev–Trinajstić information content (AvgIpc) is 2.77. The van der Waals surface area contributed by atoms with Gasteiger partial charge in [0.1, 0.15) is 11.4 Å². The van der Waals surface area contributed by atoms with Gasteiger partial charge in [0.15, 0.2) is 0 Å². The standard InChI is InChI=1S/C13H17ClFNO/c1-2-13(15,8-16)7-10-6-11(14)5-9-3-4-17-12(9)10/h5-6H,2-4,7-8,16H2,1H3. The Morgan fingerprint density at radius 1 is 1.53 bits per heavy atom. The highest BCUT2D eigenvalue weighted by atomic mass is 35.5. The summed E-state index contributed by atoms with van der Waals surface area (Å²) < 4.78 is 19.9. The molecule has 0 aliphatic carbocycles. The zero-order chi connectivity index (χ0) is 12.5. The molecule has 0 bridgehead atoms. The quantitative estimate of drug-likeness (QED) is 0.900. The molecule has 1 atom stereocenters. The van der Waals surface area contributed by atoms with Crippen LogP contribution in [0.2, 0.25) is 5.02 Å². The highest BCUT2D eigenvalue weighted by Crippen LogP contribution is 2.36. The van der Waals surface area contributed by atoms with E-state index in [1.54, 1.807) is 13.0 Å². The van der Waals surface area contributed by atoms with Crippen molar-refractivity contribution < 1.29 is 9.13 Å². The van der Waals surface area contributed by atoms with Gasteiger partial charge in [0, 0.05) is 24.4 Å². The zero-order valence-electron chi connectivity index (χ0n) is 9.93. The Balaban J connectivity index is 2.33. The fourth-order valence-corrected chi connectivity index (χ4v) is 2.42. The van der Waals surface area contributed by atoms with E-state index in [1.165, 1.54) is 0 Å². The molecule has 0 radical (unpaired) electrons. The normalized spacial score (nSPS) is 17.4. The predicted molar refractivity (Wildman–Crippen MR) is 67.5 cm³/mol. The number of halogens is 2. The monoisotopic (exact) mass is 257 g/mol. The third kappa shape index (κ3) is 2.55. The summed E-state index contributed by atoms with van der Waals surface area (Å²) in [5, 5.41) is 0.639. The molecule has 0 aromatic heterocycles. The van der Waals surface area contributed by atoms with Crippen molar-refractivity contribution in [2.45, 2.75) is 31.9 Å². The third-order valence-electron chi connectivity index (χ3n) is 3.33. The van der Waals surface area contributed by atoms with Gasteiger partial charge in [0.05, 0.1) is 6.61 Å².